The molecule has 0 unspecified atom stereocenters. The van der Waals surface area contributed by atoms with E-state index in [0.29, 0.717) is 13.0 Å². The molecule has 1 fully saturated rings. The van der Waals surface area contributed by atoms with Gasteiger partial charge in [-0.3, -0.25) is 9.47 Å². The second-order valence-electron chi connectivity index (χ2n) is 8.98. The molecule has 0 radical (unpaired) electrons. The smallest absolute Gasteiger partial charge is 0.436 e. The Hall–Kier alpha value is -4.02. The van der Waals surface area contributed by atoms with Crippen LogP contribution >= 0.6 is 0 Å². The summed E-state index contributed by atoms with van der Waals surface area (Å²) in [5.74, 6) is -2.84. The summed E-state index contributed by atoms with van der Waals surface area (Å²) in [5, 5.41) is 19.5. The topological polar surface area (TPSA) is 117 Å². The van der Waals surface area contributed by atoms with Crippen molar-refractivity contribution in [2.75, 3.05) is 19.6 Å². The number of likely N-dealkylation sites (tertiary alicyclic amines) is 1. The highest BCUT2D eigenvalue weighted by Gasteiger charge is 2.29. The summed E-state index contributed by atoms with van der Waals surface area (Å²) in [5.41, 5.74) is 4.24. The van der Waals surface area contributed by atoms with Crippen molar-refractivity contribution in [2.45, 2.75) is 31.8 Å². The number of aliphatic carboxylic acids is 1. The van der Waals surface area contributed by atoms with Crippen molar-refractivity contribution in [1.82, 2.24) is 29.7 Å². The van der Waals surface area contributed by atoms with Gasteiger partial charge in [-0.1, -0.05) is 30.3 Å². The molecule has 0 aliphatic carbocycles. The fourth-order valence-electron chi connectivity index (χ4n) is 4.75. The first kappa shape index (κ1) is 23.7. The Kier molecular flexibility index (Phi) is 7.06. The zero-order chi connectivity index (χ0) is 24.9. The van der Waals surface area contributed by atoms with E-state index in [0.717, 1.165) is 54.6 Å². The number of aromatic nitrogens is 4. The van der Waals surface area contributed by atoms with Crippen molar-refractivity contribution in [3.63, 3.8) is 0 Å². The van der Waals surface area contributed by atoms with Gasteiger partial charge in [0.25, 0.3) is 0 Å². The van der Waals surface area contributed by atoms with E-state index >= 15 is 0 Å². The lowest BCUT2D eigenvalue weighted by Gasteiger charge is -2.37. The van der Waals surface area contributed by atoms with Gasteiger partial charge in [0.2, 0.25) is 0 Å². The minimum Gasteiger partial charge on any atom is -0.473 e. The summed E-state index contributed by atoms with van der Waals surface area (Å²) in [4.78, 5) is 34.2. The van der Waals surface area contributed by atoms with E-state index < -0.39 is 11.9 Å². The van der Waals surface area contributed by atoms with Crippen molar-refractivity contribution in [3.8, 4) is 5.69 Å². The molecule has 10 heteroatoms. The average Bonchev–Trinajstić information content (AvgIpc) is 3.58. The van der Waals surface area contributed by atoms with Gasteiger partial charge in [-0.05, 0) is 48.6 Å². The molecule has 186 valence electrons. The highest BCUT2D eigenvalue weighted by Crippen LogP contribution is 2.24. The summed E-state index contributed by atoms with van der Waals surface area (Å²) >= 11 is 0. The van der Waals surface area contributed by atoms with Gasteiger partial charge in [0.15, 0.2) is 0 Å². The van der Waals surface area contributed by atoms with E-state index in [1.807, 2.05) is 41.1 Å². The Morgan fingerprint density at radius 3 is 2.56 bits per heavy atom. The molecule has 0 amide bonds. The number of fused-ring (bicyclic) bond motifs is 1. The van der Waals surface area contributed by atoms with Crippen LogP contribution in [-0.4, -0.2) is 72.4 Å². The highest BCUT2D eigenvalue weighted by atomic mass is 16.7. The van der Waals surface area contributed by atoms with Gasteiger partial charge in [0.1, 0.15) is 12.7 Å². The van der Waals surface area contributed by atoms with Gasteiger partial charge in [-0.25, -0.2) is 9.59 Å². The van der Waals surface area contributed by atoms with Crippen molar-refractivity contribution in [3.05, 3.63) is 78.5 Å². The number of nitrogens with zero attached hydrogens (tertiary/aromatic N) is 5. The van der Waals surface area contributed by atoms with Crippen LogP contribution in [0.2, 0.25) is 0 Å². The molecular weight excluding hydrogens is 460 g/mol. The van der Waals surface area contributed by atoms with Crippen LogP contribution in [0.15, 0.2) is 67.4 Å². The number of hydrogen-bond donors (Lipinski definition) is 2. The zero-order valence-electron chi connectivity index (χ0n) is 19.8. The third-order valence-corrected chi connectivity index (χ3v) is 6.66. The van der Waals surface area contributed by atoms with E-state index in [1.165, 1.54) is 5.56 Å². The summed E-state index contributed by atoms with van der Waals surface area (Å²) in [6.45, 7) is 2.95. The number of carbonyl (C=O) groups is 2. The number of nitrogens with one attached hydrogen (secondary N) is 1. The van der Waals surface area contributed by atoms with Gasteiger partial charge < -0.3 is 14.9 Å². The number of rotatable bonds is 8. The molecule has 36 heavy (non-hydrogen) atoms. The van der Waals surface area contributed by atoms with Crippen LogP contribution in [0.5, 0.6) is 0 Å². The van der Waals surface area contributed by atoms with Crippen LogP contribution in [0.25, 0.3) is 16.6 Å². The van der Waals surface area contributed by atoms with Crippen molar-refractivity contribution in [2.24, 2.45) is 0 Å². The van der Waals surface area contributed by atoms with Gasteiger partial charge in [0, 0.05) is 55.0 Å². The first-order valence-corrected chi connectivity index (χ1v) is 12.0. The Morgan fingerprint density at radius 1 is 1.08 bits per heavy atom. The molecule has 2 N–H and O–H groups in total. The number of benzene rings is 2. The van der Waals surface area contributed by atoms with Crippen molar-refractivity contribution >= 4 is 22.8 Å². The number of carbonyl (C=O) groups excluding carboxylic acids is 1. The summed E-state index contributed by atoms with van der Waals surface area (Å²) in [7, 11) is 0. The van der Waals surface area contributed by atoms with E-state index in [9.17, 15) is 9.59 Å². The Morgan fingerprint density at radius 2 is 1.83 bits per heavy atom. The minimum atomic E-state index is -1.59. The van der Waals surface area contributed by atoms with Crippen LogP contribution in [0.4, 0.5) is 0 Å². The first-order valence-electron chi connectivity index (χ1n) is 12.0. The number of piperidine rings is 1. The number of H-pyrrole nitrogens is 1. The van der Waals surface area contributed by atoms with Crippen molar-refractivity contribution in [1.29, 1.82) is 0 Å². The molecule has 0 bridgehead atoms. The monoisotopic (exact) mass is 488 g/mol. The molecule has 3 heterocycles. The third kappa shape index (κ3) is 5.45. The maximum absolute atomic E-state index is 12.0. The summed E-state index contributed by atoms with van der Waals surface area (Å²) in [6, 6.07) is 16.3. The van der Waals surface area contributed by atoms with Gasteiger partial charge in [-0.2, -0.15) is 0 Å². The molecular formula is C26H28N6O4. The van der Waals surface area contributed by atoms with Crippen LogP contribution in [0.3, 0.4) is 0 Å². The van der Waals surface area contributed by atoms with Crippen molar-refractivity contribution < 1.29 is 19.5 Å². The van der Waals surface area contributed by atoms with Gasteiger partial charge in [-0.15, -0.1) is 15.3 Å². The maximum atomic E-state index is 12.0. The summed E-state index contributed by atoms with van der Waals surface area (Å²) in [6.07, 6.45) is 7.38. The second-order valence-corrected chi connectivity index (χ2v) is 8.98. The predicted molar refractivity (Wildman–Crippen MR) is 132 cm³/mol. The molecule has 2 aromatic carbocycles. The maximum Gasteiger partial charge on any atom is 0.436 e. The molecule has 4 aromatic rings. The van der Waals surface area contributed by atoms with E-state index in [4.69, 9.17) is 9.94 Å². The molecule has 1 aliphatic heterocycles. The number of carboxylic acid groups (broad SMARTS) is 1. The number of aromatic amines is 1. The Labute approximate surface area is 208 Å². The van der Waals surface area contributed by atoms with Gasteiger partial charge in [0.05, 0.1) is 0 Å². The molecule has 0 saturated carbocycles. The van der Waals surface area contributed by atoms with E-state index in [-0.39, 0.29) is 6.04 Å². The summed E-state index contributed by atoms with van der Waals surface area (Å²) < 4.78 is 1.83. The average molecular weight is 489 g/mol. The zero-order valence-corrected chi connectivity index (χ0v) is 19.8. The highest BCUT2D eigenvalue weighted by molar-refractivity contribution is 6.28. The molecule has 10 nitrogen and oxygen atoms in total. The molecule has 0 spiro atoms. The second kappa shape index (κ2) is 10.7. The molecule has 1 aliphatic rings. The Balaban J connectivity index is 1.27. The molecule has 1 saturated heterocycles. The van der Waals surface area contributed by atoms with E-state index in [2.05, 4.69) is 38.3 Å². The third-order valence-electron chi connectivity index (χ3n) is 6.66. The first-order chi connectivity index (χ1) is 17.6. The number of hydrogen-bond acceptors (Lipinski definition) is 7. The predicted octanol–water partition coefficient (Wildman–Crippen LogP) is 2.80. The molecule has 2 aromatic heterocycles. The fourth-order valence-corrected chi connectivity index (χ4v) is 4.75. The number of carboxylic acids is 1. The quantitative estimate of drug-likeness (QED) is 0.287. The van der Waals surface area contributed by atoms with E-state index in [1.54, 1.807) is 17.7 Å². The van der Waals surface area contributed by atoms with Crippen LogP contribution in [0, 0.1) is 0 Å². The largest absolute Gasteiger partial charge is 0.473 e. The fraction of sp³-hybridized carbons (Fsp3) is 0.308. The normalized spacial score (nSPS) is 14.9. The molecule has 0 atom stereocenters. The SMILES string of the molecule is O=C(O)C(=O)ON(CCc1c[nH]c2ccc(-n3cnnc3)cc12)C1CCN(Cc2ccccc2)CC1. The lowest BCUT2D eigenvalue weighted by molar-refractivity contribution is -0.210. The number of hydroxylamine groups is 2. The molecule has 5 rings (SSSR count). The van der Waals surface area contributed by atoms with Crippen LogP contribution < -0.4 is 0 Å². The lowest BCUT2D eigenvalue weighted by Crippen LogP contribution is -2.46. The lowest BCUT2D eigenvalue weighted by atomic mass is 10.0. The van der Waals surface area contributed by atoms with Crippen LogP contribution in [-0.2, 0) is 27.4 Å². The van der Waals surface area contributed by atoms with Gasteiger partial charge >= 0.3 is 11.9 Å². The Bertz CT molecular complexity index is 1310. The standard InChI is InChI=1S/C26H28N6O4/c33-25(34)26(35)36-32(21-9-11-30(12-10-21)16-19-4-2-1-3-5-19)13-8-20-15-27-24-7-6-22(14-23(20)24)31-17-28-29-18-31/h1-7,14-15,17-18,21,27H,8-13,16H2,(H,33,34). The van der Waals surface area contributed by atoms with Crippen LogP contribution in [0.1, 0.15) is 24.0 Å². The minimum absolute atomic E-state index is 0.0434.